The number of benzene rings is 2. The molecule has 162 valence electrons. The van der Waals surface area contributed by atoms with Crippen LogP contribution in [0, 0.1) is 11.6 Å². The van der Waals surface area contributed by atoms with E-state index < -0.39 is 23.4 Å². The van der Waals surface area contributed by atoms with Crippen LogP contribution >= 0.6 is 0 Å². The van der Waals surface area contributed by atoms with Gasteiger partial charge in [0.15, 0.2) is 11.6 Å². The maximum Gasteiger partial charge on any atom is 0.243 e. The van der Waals surface area contributed by atoms with Crippen LogP contribution in [0.3, 0.4) is 0 Å². The van der Waals surface area contributed by atoms with E-state index >= 15 is 0 Å². The van der Waals surface area contributed by atoms with Gasteiger partial charge in [0.05, 0.1) is 13.2 Å². The first kappa shape index (κ1) is 21.9. The first-order chi connectivity index (χ1) is 14.9. The summed E-state index contributed by atoms with van der Waals surface area (Å²) >= 11 is 0. The Kier molecular flexibility index (Phi) is 7.26. The molecule has 2 amide bonds. The number of carbonyl (C=O) groups excluding carboxylic acids is 2. The van der Waals surface area contributed by atoms with E-state index in [4.69, 9.17) is 9.26 Å². The Morgan fingerprint density at radius 3 is 2.55 bits per heavy atom. The van der Waals surface area contributed by atoms with E-state index in [2.05, 4.69) is 20.8 Å². The minimum Gasteiger partial charge on any atom is -0.494 e. The van der Waals surface area contributed by atoms with Gasteiger partial charge in [0.25, 0.3) is 0 Å². The molecule has 31 heavy (non-hydrogen) atoms. The van der Waals surface area contributed by atoms with Crippen LogP contribution in [-0.2, 0) is 16.0 Å². The summed E-state index contributed by atoms with van der Waals surface area (Å²) in [5.41, 5.74) is 0.836. The second kappa shape index (κ2) is 10.3. The quantitative estimate of drug-likeness (QED) is 0.540. The standard InChI is InChI=1S/C21H20F2N4O4/c1-2-30-15-6-3-13(4-7-15)21-26-20(31-27-21)10-9-18(28)24-12-19(29)25-14-5-8-16(22)17(23)11-14/h3-8,11H,2,9-10,12H2,1H3,(H,24,28)(H,25,29). The van der Waals surface area contributed by atoms with Crippen molar-refractivity contribution in [1.82, 2.24) is 15.5 Å². The lowest BCUT2D eigenvalue weighted by Gasteiger charge is -2.07. The number of hydrogen-bond acceptors (Lipinski definition) is 6. The molecule has 0 atom stereocenters. The van der Waals surface area contributed by atoms with Crippen LogP contribution in [0.4, 0.5) is 14.5 Å². The van der Waals surface area contributed by atoms with E-state index in [1.54, 1.807) is 24.3 Å². The maximum atomic E-state index is 13.1. The third-order valence-electron chi connectivity index (χ3n) is 4.11. The lowest BCUT2D eigenvalue weighted by atomic mass is 10.2. The van der Waals surface area contributed by atoms with Gasteiger partial charge < -0.3 is 19.9 Å². The minimum absolute atomic E-state index is 0.0311. The van der Waals surface area contributed by atoms with Crippen molar-refractivity contribution in [2.45, 2.75) is 19.8 Å². The van der Waals surface area contributed by atoms with Gasteiger partial charge >= 0.3 is 0 Å². The molecule has 0 aliphatic heterocycles. The van der Waals surface area contributed by atoms with Crippen LogP contribution in [-0.4, -0.2) is 35.1 Å². The molecule has 0 bridgehead atoms. The molecule has 0 unspecified atom stereocenters. The van der Waals surface area contributed by atoms with Gasteiger partial charge in [-0.25, -0.2) is 8.78 Å². The van der Waals surface area contributed by atoms with Crippen molar-refractivity contribution in [3.63, 3.8) is 0 Å². The molecule has 0 saturated heterocycles. The predicted molar refractivity (Wildman–Crippen MR) is 107 cm³/mol. The Bertz CT molecular complexity index is 1050. The summed E-state index contributed by atoms with van der Waals surface area (Å²) in [6.07, 6.45) is 0.226. The smallest absolute Gasteiger partial charge is 0.243 e. The fourth-order valence-electron chi connectivity index (χ4n) is 2.61. The minimum atomic E-state index is -1.08. The van der Waals surface area contributed by atoms with Crippen LogP contribution in [0.5, 0.6) is 5.75 Å². The molecule has 0 spiro atoms. The number of nitrogens with one attached hydrogen (secondary N) is 2. The van der Waals surface area contributed by atoms with E-state index in [1.807, 2.05) is 6.92 Å². The molecule has 0 aliphatic rings. The molecule has 2 aromatic carbocycles. The zero-order chi connectivity index (χ0) is 22.2. The number of hydrogen-bond donors (Lipinski definition) is 2. The highest BCUT2D eigenvalue weighted by Gasteiger charge is 2.12. The van der Waals surface area contributed by atoms with Crippen molar-refractivity contribution in [1.29, 1.82) is 0 Å². The maximum absolute atomic E-state index is 13.1. The van der Waals surface area contributed by atoms with Gasteiger partial charge in [0.1, 0.15) is 5.75 Å². The molecule has 3 rings (SSSR count). The monoisotopic (exact) mass is 430 g/mol. The van der Waals surface area contributed by atoms with Gasteiger partial charge in [-0.05, 0) is 43.3 Å². The van der Waals surface area contributed by atoms with Gasteiger partial charge in [-0.1, -0.05) is 5.16 Å². The third-order valence-corrected chi connectivity index (χ3v) is 4.11. The number of rotatable bonds is 9. The highest BCUT2D eigenvalue weighted by atomic mass is 19.2. The average molecular weight is 430 g/mol. The van der Waals surface area contributed by atoms with Crippen LogP contribution < -0.4 is 15.4 Å². The molecule has 8 nitrogen and oxygen atoms in total. The number of carbonyl (C=O) groups is 2. The van der Waals surface area contributed by atoms with Gasteiger partial charge in [0, 0.05) is 30.2 Å². The molecule has 2 N–H and O–H groups in total. The summed E-state index contributed by atoms with van der Waals surface area (Å²) < 4.78 is 36.6. The van der Waals surface area contributed by atoms with Crippen molar-refractivity contribution in [3.05, 3.63) is 60.0 Å². The topological polar surface area (TPSA) is 106 Å². The van der Waals surface area contributed by atoms with E-state index in [0.29, 0.717) is 12.4 Å². The number of aryl methyl sites for hydroxylation is 1. The molecule has 3 aromatic rings. The number of halogens is 2. The number of anilines is 1. The highest BCUT2D eigenvalue weighted by Crippen LogP contribution is 2.20. The fourth-order valence-corrected chi connectivity index (χ4v) is 2.61. The Morgan fingerprint density at radius 1 is 1.06 bits per heavy atom. The number of ether oxygens (including phenoxy) is 1. The molecule has 1 aromatic heterocycles. The molecule has 10 heteroatoms. The van der Waals surface area contributed by atoms with Crippen molar-refractivity contribution in [3.8, 4) is 17.1 Å². The lowest BCUT2D eigenvalue weighted by molar-refractivity contribution is -0.124. The summed E-state index contributed by atoms with van der Waals surface area (Å²) in [5.74, 6) is -1.66. The SMILES string of the molecule is CCOc1ccc(-c2noc(CCC(=O)NCC(=O)Nc3ccc(F)c(F)c3)n2)cc1. The Morgan fingerprint density at radius 2 is 1.84 bits per heavy atom. The normalized spacial score (nSPS) is 10.5. The average Bonchev–Trinajstić information content (AvgIpc) is 3.23. The number of amides is 2. The largest absolute Gasteiger partial charge is 0.494 e. The van der Waals surface area contributed by atoms with Crippen LogP contribution in [0.25, 0.3) is 11.4 Å². The Hall–Kier alpha value is -3.82. The van der Waals surface area contributed by atoms with Crippen LogP contribution in [0.15, 0.2) is 47.0 Å². The first-order valence-electron chi connectivity index (χ1n) is 9.52. The molecular weight excluding hydrogens is 410 g/mol. The molecule has 1 heterocycles. The van der Waals surface area contributed by atoms with Gasteiger partial charge in [0.2, 0.25) is 23.5 Å². The van der Waals surface area contributed by atoms with Gasteiger partial charge in [-0.2, -0.15) is 4.98 Å². The second-order valence-electron chi connectivity index (χ2n) is 6.42. The predicted octanol–water partition coefficient (Wildman–Crippen LogP) is 3.10. The van der Waals surface area contributed by atoms with Gasteiger partial charge in [-0.3, -0.25) is 9.59 Å². The molecule has 0 fully saturated rings. The van der Waals surface area contributed by atoms with E-state index in [-0.39, 0.29) is 31.0 Å². The van der Waals surface area contributed by atoms with Crippen molar-refractivity contribution in [2.75, 3.05) is 18.5 Å². The molecule has 0 aliphatic carbocycles. The van der Waals surface area contributed by atoms with Crippen LogP contribution in [0.1, 0.15) is 19.2 Å². The number of nitrogens with zero attached hydrogens (tertiary/aromatic N) is 2. The lowest BCUT2D eigenvalue weighted by Crippen LogP contribution is -2.33. The second-order valence-corrected chi connectivity index (χ2v) is 6.42. The first-order valence-corrected chi connectivity index (χ1v) is 9.52. The van der Waals surface area contributed by atoms with E-state index in [1.165, 1.54) is 6.07 Å². The Balaban J connectivity index is 1.43. The number of aromatic nitrogens is 2. The summed E-state index contributed by atoms with van der Waals surface area (Å²) in [5, 5.41) is 8.69. The third kappa shape index (κ3) is 6.33. The molecular formula is C21H20F2N4O4. The van der Waals surface area contributed by atoms with Crippen molar-refractivity contribution < 1.29 is 27.6 Å². The van der Waals surface area contributed by atoms with Crippen LogP contribution in [0.2, 0.25) is 0 Å². The summed E-state index contributed by atoms with van der Waals surface area (Å²) in [6.45, 7) is 2.15. The van der Waals surface area contributed by atoms with Crippen molar-refractivity contribution in [2.24, 2.45) is 0 Å². The molecule has 0 saturated carbocycles. The van der Waals surface area contributed by atoms with E-state index in [0.717, 1.165) is 23.4 Å². The summed E-state index contributed by atoms with van der Waals surface area (Å²) in [7, 11) is 0. The molecule has 0 radical (unpaired) electrons. The fraction of sp³-hybridized carbons (Fsp3) is 0.238. The zero-order valence-electron chi connectivity index (χ0n) is 16.7. The van der Waals surface area contributed by atoms with Crippen molar-refractivity contribution >= 4 is 17.5 Å². The summed E-state index contributed by atoms with van der Waals surface area (Å²) in [6, 6.07) is 10.2. The van der Waals surface area contributed by atoms with E-state index in [9.17, 15) is 18.4 Å². The highest BCUT2D eigenvalue weighted by molar-refractivity contribution is 5.94. The zero-order valence-corrected chi connectivity index (χ0v) is 16.7. The summed E-state index contributed by atoms with van der Waals surface area (Å²) in [4.78, 5) is 28.0. The Labute approximate surface area is 176 Å². The van der Waals surface area contributed by atoms with Gasteiger partial charge in [-0.15, -0.1) is 0 Å².